The second-order valence-corrected chi connectivity index (χ2v) is 7.05. The molecule has 2 unspecified atom stereocenters. The van der Waals surface area contributed by atoms with Crippen molar-refractivity contribution in [2.75, 3.05) is 11.9 Å². The third kappa shape index (κ3) is 3.29. The van der Waals surface area contributed by atoms with Crippen molar-refractivity contribution in [2.24, 2.45) is 5.92 Å². The summed E-state index contributed by atoms with van der Waals surface area (Å²) in [5, 5.41) is 6.96. The van der Waals surface area contributed by atoms with Gasteiger partial charge < -0.3 is 10.2 Å². The molecule has 0 aromatic carbocycles. The van der Waals surface area contributed by atoms with E-state index in [1.165, 1.54) is 49.4 Å². The molecule has 0 aliphatic heterocycles. The molecule has 2 aliphatic rings. The number of anilines is 1. The Morgan fingerprint density at radius 3 is 2.84 bits per heavy atom. The predicted octanol–water partition coefficient (Wildman–Crippen LogP) is 3.41. The van der Waals surface area contributed by atoms with Gasteiger partial charge in [0, 0.05) is 31.1 Å². The summed E-state index contributed by atoms with van der Waals surface area (Å²) >= 11 is 1.80. The Morgan fingerprint density at radius 2 is 2.11 bits per heavy atom. The van der Waals surface area contributed by atoms with E-state index in [4.69, 9.17) is 4.98 Å². The quantitative estimate of drug-likeness (QED) is 0.895. The molecule has 19 heavy (non-hydrogen) atoms. The summed E-state index contributed by atoms with van der Waals surface area (Å²) in [5.74, 6) is 0.802. The normalized spacial score (nSPS) is 27.5. The van der Waals surface area contributed by atoms with Crippen LogP contribution in [0, 0.1) is 5.92 Å². The lowest BCUT2D eigenvalue weighted by molar-refractivity contribution is 0.321. The fourth-order valence-corrected chi connectivity index (χ4v) is 3.94. The van der Waals surface area contributed by atoms with Gasteiger partial charge in [-0.05, 0) is 31.6 Å². The summed E-state index contributed by atoms with van der Waals surface area (Å²) in [6, 6.07) is 1.45. The average molecular weight is 279 g/mol. The zero-order valence-electron chi connectivity index (χ0n) is 12.1. The second kappa shape index (κ2) is 5.80. The van der Waals surface area contributed by atoms with Crippen LogP contribution in [-0.4, -0.2) is 24.1 Å². The minimum Gasteiger partial charge on any atom is -0.348 e. The molecule has 1 N–H and O–H groups in total. The summed E-state index contributed by atoms with van der Waals surface area (Å²) < 4.78 is 0. The lowest BCUT2D eigenvalue weighted by Crippen LogP contribution is -2.39. The maximum Gasteiger partial charge on any atom is 0.185 e. The Balaban J connectivity index is 1.60. The van der Waals surface area contributed by atoms with E-state index in [0.717, 1.165) is 18.5 Å². The van der Waals surface area contributed by atoms with Crippen LogP contribution in [0.1, 0.15) is 51.1 Å². The van der Waals surface area contributed by atoms with Gasteiger partial charge in [-0.15, -0.1) is 11.3 Å². The van der Waals surface area contributed by atoms with E-state index >= 15 is 0 Å². The number of aromatic nitrogens is 1. The minimum atomic E-state index is 0.684. The number of hydrogen-bond acceptors (Lipinski definition) is 4. The van der Waals surface area contributed by atoms with Crippen molar-refractivity contribution < 1.29 is 0 Å². The molecule has 2 atom stereocenters. The van der Waals surface area contributed by atoms with Gasteiger partial charge in [0.1, 0.15) is 0 Å². The molecule has 3 rings (SSSR count). The van der Waals surface area contributed by atoms with Gasteiger partial charge in [0.15, 0.2) is 5.13 Å². The number of nitrogens with zero attached hydrogens (tertiary/aromatic N) is 2. The first-order chi connectivity index (χ1) is 9.24. The van der Waals surface area contributed by atoms with Crippen LogP contribution >= 0.6 is 11.3 Å². The SMILES string of the molecule is CC1CCCCC1N(C)c1nc(CNC2CC2)cs1. The van der Waals surface area contributed by atoms with Crippen LogP contribution in [0.5, 0.6) is 0 Å². The largest absolute Gasteiger partial charge is 0.348 e. The molecule has 2 aliphatic carbocycles. The van der Waals surface area contributed by atoms with Crippen LogP contribution in [-0.2, 0) is 6.54 Å². The standard InChI is InChI=1S/C15H25N3S/c1-11-5-3-4-6-14(11)18(2)15-17-13(10-19-15)9-16-12-7-8-12/h10-12,14,16H,3-9H2,1-2H3. The Labute approximate surface area is 120 Å². The van der Waals surface area contributed by atoms with E-state index in [1.54, 1.807) is 11.3 Å². The highest BCUT2D eigenvalue weighted by Gasteiger charge is 2.26. The topological polar surface area (TPSA) is 28.2 Å². The van der Waals surface area contributed by atoms with Gasteiger partial charge in [-0.25, -0.2) is 4.98 Å². The monoisotopic (exact) mass is 279 g/mol. The van der Waals surface area contributed by atoms with Gasteiger partial charge in [-0.1, -0.05) is 19.8 Å². The van der Waals surface area contributed by atoms with E-state index in [0.29, 0.717) is 6.04 Å². The number of hydrogen-bond donors (Lipinski definition) is 1. The van der Waals surface area contributed by atoms with Gasteiger partial charge >= 0.3 is 0 Å². The Hall–Kier alpha value is -0.610. The van der Waals surface area contributed by atoms with Crippen LogP contribution in [0.4, 0.5) is 5.13 Å². The van der Waals surface area contributed by atoms with E-state index < -0.39 is 0 Å². The third-order valence-electron chi connectivity index (χ3n) is 4.55. The van der Waals surface area contributed by atoms with Gasteiger partial charge in [0.05, 0.1) is 5.69 Å². The molecule has 2 fully saturated rings. The van der Waals surface area contributed by atoms with Crippen molar-refractivity contribution in [1.82, 2.24) is 10.3 Å². The Morgan fingerprint density at radius 1 is 1.32 bits per heavy atom. The molecule has 0 bridgehead atoms. The molecule has 0 amide bonds. The molecule has 0 radical (unpaired) electrons. The second-order valence-electron chi connectivity index (χ2n) is 6.22. The average Bonchev–Trinajstić information content (AvgIpc) is 3.13. The number of nitrogens with one attached hydrogen (secondary N) is 1. The molecule has 0 spiro atoms. The van der Waals surface area contributed by atoms with Crippen LogP contribution < -0.4 is 10.2 Å². The van der Waals surface area contributed by atoms with Gasteiger partial charge in [-0.3, -0.25) is 0 Å². The van der Waals surface area contributed by atoms with Crippen molar-refractivity contribution in [3.05, 3.63) is 11.1 Å². The van der Waals surface area contributed by atoms with Crippen LogP contribution in [0.2, 0.25) is 0 Å². The molecular formula is C15H25N3S. The summed E-state index contributed by atoms with van der Waals surface area (Å²) in [6.07, 6.45) is 8.16. The maximum atomic E-state index is 4.80. The molecule has 3 nitrogen and oxygen atoms in total. The molecule has 0 saturated heterocycles. The smallest absolute Gasteiger partial charge is 0.185 e. The van der Waals surface area contributed by atoms with Crippen LogP contribution in [0.25, 0.3) is 0 Å². The molecule has 1 aromatic heterocycles. The highest BCUT2D eigenvalue weighted by molar-refractivity contribution is 7.13. The fourth-order valence-electron chi connectivity index (χ4n) is 3.09. The molecular weight excluding hydrogens is 254 g/mol. The molecule has 2 saturated carbocycles. The summed E-state index contributed by atoms with van der Waals surface area (Å²) in [6.45, 7) is 3.33. The van der Waals surface area contributed by atoms with Gasteiger partial charge in [0.25, 0.3) is 0 Å². The van der Waals surface area contributed by atoms with Crippen molar-refractivity contribution in [3.8, 4) is 0 Å². The predicted molar refractivity (Wildman–Crippen MR) is 81.8 cm³/mol. The third-order valence-corrected chi connectivity index (χ3v) is 5.53. The number of thiazole rings is 1. The van der Waals surface area contributed by atoms with E-state index in [9.17, 15) is 0 Å². The summed E-state index contributed by atoms with van der Waals surface area (Å²) in [5.41, 5.74) is 1.21. The highest BCUT2D eigenvalue weighted by atomic mass is 32.1. The zero-order chi connectivity index (χ0) is 13.2. The minimum absolute atomic E-state index is 0.684. The van der Waals surface area contributed by atoms with Crippen LogP contribution in [0.3, 0.4) is 0 Å². The van der Waals surface area contributed by atoms with Crippen molar-refractivity contribution in [3.63, 3.8) is 0 Å². The van der Waals surface area contributed by atoms with Crippen molar-refractivity contribution in [1.29, 1.82) is 0 Å². The first-order valence-corrected chi connectivity index (χ1v) is 8.52. The zero-order valence-corrected chi connectivity index (χ0v) is 12.9. The van der Waals surface area contributed by atoms with E-state index in [-0.39, 0.29) is 0 Å². The highest BCUT2D eigenvalue weighted by Crippen LogP contribution is 2.32. The summed E-state index contributed by atoms with van der Waals surface area (Å²) in [7, 11) is 2.23. The van der Waals surface area contributed by atoms with Crippen molar-refractivity contribution in [2.45, 2.75) is 64.1 Å². The van der Waals surface area contributed by atoms with Gasteiger partial charge in [0.2, 0.25) is 0 Å². The molecule has 1 aromatic rings. The maximum absolute atomic E-state index is 4.80. The van der Waals surface area contributed by atoms with Crippen molar-refractivity contribution >= 4 is 16.5 Å². The molecule has 4 heteroatoms. The molecule has 106 valence electrons. The van der Waals surface area contributed by atoms with E-state index in [2.05, 4.69) is 29.6 Å². The lowest BCUT2D eigenvalue weighted by Gasteiger charge is -2.36. The van der Waals surface area contributed by atoms with Crippen LogP contribution in [0.15, 0.2) is 5.38 Å². The lowest BCUT2D eigenvalue weighted by atomic mass is 9.85. The van der Waals surface area contributed by atoms with Gasteiger partial charge in [-0.2, -0.15) is 0 Å². The van der Waals surface area contributed by atoms with E-state index in [1.807, 2.05) is 0 Å². The fraction of sp³-hybridized carbons (Fsp3) is 0.800. The Bertz CT molecular complexity index is 413. The summed E-state index contributed by atoms with van der Waals surface area (Å²) in [4.78, 5) is 7.23. The Kier molecular flexibility index (Phi) is 4.08. The number of rotatable bonds is 5. The first kappa shape index (κ1) is 13.4. The molecule has 1 heterocycles. The first-order valence-electron chi connectivity index (χ1n) is 7.64.